The normalized spacial score (nSPS) is 10.3. The van der Waals surface area contributed by atoms with Crippen molar-refractivity contribution in [2.24, 2.45) is 0 Å². The Morgan fingerprint density at radius 2 is 2.28 bits per heavy atom. The second-order valence-electron chi connectivity index (χ2n) is 4.35. The molecule has 4 nitrogen and oxygen atoms in total. The predicted octanol–water partition coefficient (Wildman–Crippen LogP) is 3.13. The van der Waals surface area contributed by atoms with Crippen LogP contribution < -0.4 is 10.2 Å². The number of pyridine rings is 1. The lowest BCUT2D eigenvalue weighted by molar-refractivity contribution is 0.563. The standard InChI is InChI=1S/C14H19N3O/c1-3-5-16-13-7-14(9-15-8-13)17(2)10-12-4-6-18-11-12/h4,6-9,11,16H,3,5,10H2,1-2H3. The zero-order valence-electron chi connectivity index (χ0n) is 10.9. The molecule has 4 heteroatoms. The van der Waals surface area contributed by atoms with Gasteiger partial charge in [-0.3, -0.25) is 4.98 Å². The van der Waals surface area contributed by atoms with E-state index in [1.807, 2.05) is 25.5 Å². The maximum Gasteiger partial charge on any atom is 0.0952 e. The Balaban J connectivity index is 2.03. The fraction of sp³-hybridized carbons (Fsp3) is 0.357. The summed E-state index contributed by atoms with van der Waals surface area (Å²) in [6.45, 7) is 3.93. The molecule has 0 aliphatic carbocycles. The van der Waals surface area contributed by atoms with Gasteiger partial charge < -0.3 is 14.6 Å². The van der Waals surface area contributed by atoms with Crippen molar-refractivity contribution in [1.82, 2.24) is 4.98 Å². The molecule has 0 saturated heterocycles. The number of furan rings is 1. The number of rotatable bonds is 6. The molecule has 0 aliphatic heterocycles. The predicted molar refractivity (Wildman–Crippen MR) is 73.8 cm³/mol. The first-order valence-corrected chi connectivity index (χ1v) is 6.20. The first-order chi connectivity index (χ1) is 8.79. The zero-order valence-corrected chi connectivity index (χ0v) is 10.9. The Labute approximate surface area is 108 Å². The third-order valence-electron chi connectivity index (χ3n) is 2.74. The third-order valence-corrected chi connectivity index (χ3v) is 2.74. The molecule has 0 amide bonds. The highest BCUT2D eigenvalue weighted by Crippen LogP contribution is 2.18. The minimum absolute atomic E-state index is 0.815. The highest BCUT2D eigenvalue weighted by atomic mass is 16.3. The van der Waals surface area contributed by atoms with Crippen molar-refractivity contribution < 1.29 is 4.42 Å². The summed E-state index contributed by atoms with van der Waals surface area (Å²) in [6, 6.07) is 4.09. The molecule has 0 fully saturated rings. The van der Waals surface area contributed by atoms with Gasteiger partial charge in [-0.25, -0.2) is 0 Å². The van der Waals surface area contributed by atoms with Crippen LogP contribution in [-0.4, -0.2) is 18.6 Å². The number of nitrogens with zero attached hydrogens (tertiary/aromatic N) is 2. The van der Waals surface area contributed by atoms with Crippen LogP contribution in [-0.2, 0) is 6.54 Å². The molecular weight excluding hydrogens is 226 g/mol. The summed E-state index contributed by atoms with van der Waals surface area (Å²) in [5.74, 6) is 0. The van der Waals surface area contributed by atoms with E-state index in [9.17, 15) is 0 Å². The largest absolute Gasteiger partial charge is 0.472 e. The van der Waals surface area contributed by atoms with E-state index in [2.05, 4.69) is 28.2 Å². The van der Waals surface area contributed by atoms with Crippen LogP contribution in [0.25, 0.3) is 0 Å². The number of aromatic nitrogens is 1. The number of nitrogens with one attached hydrogen (secondary N) is 1. The smallest absolute Gasteiger partial charge is 0.0952 e. The first-order valence-electron chi connectivity index (χ1n) is 6.20. The molecular formula is C14H19N3O. The molecule has 0 atom stereocenters. The van der Waals surface area contributed by atoms with Gasteiger partial charge in [0.2, 0.25) is 0 Å². The molecule has 0 saturated carbocycles. The Hall–Kier alpha value is -1.97. The molecule has 2 heterocycles. The summed E-state index contributed by atoms with van der Waals surface area (Å²) in [5.41, 5.74) is 3.31. The van der Waals surface area contributed by atoms with E-state index >= 15 is 0 Å². The monoisotopic (exact) mass is 245 g/mol. The fourth-order valence-corrected chi connectivity index (χ4v) is 1.75. The lowest BCUT2D eigenvalue weighted by Gasteiger charge is -2.18. The highest BCUT2D eigenvalue weighted by Gasteiger charge is 2.04. The van der Waals surface area contributed by atoms with Crippen LogP contribution in [0.2, 0.25) is 0 Å². The minimum Gasteiger partial charge on any atom is -0.472 e. The van der Waals surface area contributed by atoms with Crippen molar-refractivity contribution in [2.75, 3.05) is 23.8 Å². The summed E-state index contributed by atoms with van der Waals surface area (Å²) in [5, 5.41) is 3.34. The topological polar surface area (TPSA) is 41.3 Å². The molecule has 0 bridgehead atoms. The average Bonchev–Trinajstić information content (AvgIpc) is 2.89. The van der Waals surface area contributed by atoms with Crippen molar-refractivity contribution >= 4 is 11.4 Å². The van der Waals surface area contributed by atoms with Crippen LogP contribution >= 0.6 is 0 Å². The SMILES string of the molecule is CCCNc1cncc(N(C)Cc2ccoc2)c1. The second-order valence-corrected chi connectivity index (χ2v) is 4.35. The minimum atomic E-state index is 0.815. The average molecular weight is 245 g/mol. The van der Waals surface area contributed by atoms with E-state index in [4.69, 9.17) is 4.42 Å². The van der Waals surface area contributed by atoms with Gasteiger partial charge in [-0.05, 0) is 18.6 Å². The van der Waals surface area contributed by atoms with Crippen molar-refractivity contribution in [1.29, 1.82) is 0 Å². The maximum absolute atomic E-state index is 5.07. The molecule has 18 heavy (non-hydrogen) atoms. The van der Waals surface area contributed by atoms with Gasteiger partial charge in [0.25, 0.3) is 0 Å². The number of hydrogen-bond acceptors (Lipinski definition) is 4. The molecule has 2 aromatic rings. The van der Waals surface area contributed by atoms with E-state index in [1.54, 1.807) is 12.5 Å². The first kappa shape index (κ1) is 12.5. The summed E-state index contributed by atoms with van der Waals surface area (Å²) >= 11 is 0. The number of anilines is 2. The summed E-state index contributed by atoms with van der Waals surface area (Å²) in [4.78, 5) is 6.41. The Bertz CT molecular complexity index is 468. The van der Waals surface area contributed by atoms with Crippen molar-refractivity contribution in [3.05, 3.63) is 42.6 Å². The fourth-order valence-electron chi connectivity index (χ4n) is 1.75. The van der Waals surface area contributed by atoms with Gasteiger partial charge in [-0.1, -0.05) is 6.92 Å². The zero-order chi connectivity index (χ0) is 12.8. The van der Waals surface area contributed by atoms with Gasteiger partial charge in [0.15, 0.2) is 0 Å². The second kappa shape index (κ2) is 6.10. The van der Waals surface area contributed by atoms with Crippen molar-refractivity contribution in [3.63, 3.8) is 0 Å². The maximum atomic E-state index is 5.07. The van der Waals surface area contributed by atoms with Gasteiger partial charge in [0.1, 0.15) is 0 Å². The molecule has 96 valence electrons. The third kappa shape index (κ3) is 3.26. The van der Waals surface area contributed by atoms with Gasteiger partial charge in [0.05, 0.1) is 36.3 Å². The Morgan fingerprint density at radius 3 is 3.00 bits per heavy atom. The van der Waals surface area contributed by atoms with Gasteiger partial charge in [-0.15, -0.1) is 0 Å². The van der Waals surface area contributed by atoms with Crippen molar-refractivity contribution in [3.8, 4) is 0 Å². The Kier molecular flexibility index (Phi) is 4.23. The van der Waals surface area contributed by atoms with Gasteiger partial charge in [0, 0.05) is 25.7 Å². The Morgan fingerprint density at radius 1 is 1.39 bits per heavy atom. The number of hydrogen-bond donors (Lipinski definition) is 1. The van der Waals surface area contributed by atoms with Gasteiger partial charge >= 0.3 is 0 Å². The quantitative estimate of drug-likeness (QED) is 0.849. The van der Waals surface area contributed by atoms with E-state index in [1.165, 1.54) is 0 Å². The van der Waals surface area contributed by atoms with E-state index in [0.29, 0.717) is 0 Å². The molecule has 2 aromatic heterocycles. The molecule has 2 rings (SSSR count). The van der Waals surface area contributed by atoms with E-state index in [-0.39, 0.29) is 0 Å². The molecule has 0 spiro atoms. The molecule has 0 unspecified atom stereocenters. The van der Waals surface area contributed by atoms with Crippen LogP contribution in [0.3, 0.4) is 0 Å². The van der Waals surface area contributed by atoms with E-state index in [0.717, 1.165) is 36.4 Å². The van der Waals surface area contributed by atoms with Crippen LogP contribution in [0.4, 0.5) is 11.4 Å². The van der Waals surface area contributed by atoms with Crippen LogP contribution in [0.5, 0.6) is 0 Å². The molecule has 0 aromatic carbocycles. The van der Waals surface area contributed by atoms with Crippen molar-refractivity contribution in [2.45, 2.75) is 19.9 Å². The summed E-state index contributed by atoms with van der Waals surface area (Å²) < 4.78 is 5.07. The molecule has 0 aliphatic rings. The van der Waals surface area contributed by atoms with Crippen LogP contribution in [0.15, 0.2) is 41.5 Å². The molecule has 1 N–H and O–H groups in total. The highest BCUT2D eigenvalue weighted by molar-refractivity contribution is 5.55. The van der Waals surface area contributed by atoms with Crippen LogP contribution in [0.1, 0.15) is 18.9 Å². The molecule has 0 radical (unpaired) electrons. The lowest BCUT2D eigenvalue weighted by atomic mass is 10.3. The van der Waals surface area contributed by atoms with E-state index < -0.39 is 0 Å². The van der Waals surface area contributed by atoms with Gasteiger partial charge in [-0.2, -0.15) is 0 Å². The van der Waals surface area contributed by atoms with Crippen LogP contribution in [0, 0.1) is 0 Å². The summed E-state index contributed by atoms with van der Waals surface area (Å²) in [6.07, 6.45) is 8.29. The lowest BCUT2D eigenvalue weighted by Crippen LogP contribution is -2.16. The summed E-state index contributed by atoms with van der Waals surface area (Å²) in [7, 11) is 2.05.